The fraction of sp³-hybridized carbons (Fsp3) is 0.333. The first kappa shape index (κ1) is 18.1. The van der Waals surface area contributed by atoms with E-state index in [-0.39, 0.29) is 16.6 Å². The van der Waals surface area contributed by atoms with Gasteiger partial charge >= 0.3 is 0 Å². The molecule has 0 bridgehead atoms. The number of amides is 1. The van der Waals surface area contributed by atoms with E-state index in [4.69, 9.17) is 11.6 Å². The molecule has 1 aliphatic rings. The minimum Gasteiger partial charge on any atom is -0.369 e. The molecule has 1 N–H and O–H groups in total. The topological polar surface area (TPSA) is 88.4 Å². The zero-order chi connectivity index (χ0) is 18.5. The maximum absolute atomic E-state index is 12.4. The molecule has 0 unspecified atom stereocenters. The third kappa shape index (κ3) is 4.29. The SMILES string of the molecule is O=C(CCCNc1ncc([N+](=O)[O-])cc1Cl)N1CCc2ccccc2C1. The van der Waals surface area contributed by atoms with E-state index in [2.05, 4.69) is 22.4 Å². The first-order valence-corrected chi connectivity index (χ1v) is 8.81. The van der Waals surface area contributed by atoms with Gasteiger partial charge in [-0.1, -0.05) is 35.9 Å². The molecule has 0 fully saturated rings. The molecule has 3 rings (SSSR count). The molecule has 0 atom stereocenters. The van der Waals surface area contributed by atoms with Crippen LogP contribution < -0.4 is 5.32 Å². The van der Waals surface area contributed by atoms with Crippen LogP contribution in [0.25, 0.3) is 0 Å². The second-order valence-corrected chi connectivity index (χ2v) is 6.55. The normalized spacial score (nSPS) is 13.2. The number of nitrogens with zero attached hydrogens (tertiary/aromatic N) is 3. The summed E-state index contributed by atoms with van der Waals surface area (Å²) in [5, 5.41) is 13.9. The predicted octanol–water partition coefficient (Wildman–Crippen LogP) is 3.42. The smallest absolute Gasteiger partial charge is 0.289 e. The number of benzene rings is 1. The molecule has 2 heterocycles. The summed E-state index contributed by atoms with van der Waals surface area (Å²) >= 11 is 5.98. The van der Waals surface area contributed by atoms with E-state index in [1.165, 1.54) is 17.2 Å². The zero-order valence-corrected chi connectivity index (χ0v) is 14.9. The van der Waals surface area contributed by atoms with Crippen LogP contribution in [-0.4, -0.2) is 33.8 Å². The summed E-state index contributed by atoms with van der Waals surface area (Å²) in [6.45, 7) is 1.93. The monoisotopic (exact) mass is 374 g/mol. The average Bonchev–Trinajstić information content (AvgIpc) is 2.65. The number of carbonyl (C=O) groups is 1. The number of hydrogen-bond acceptors (Lipinski definition) is 5. The molecule has 1 aliphatic heterocycles. The van der Waals surface area contributed by atoms with Gasteiger partial charge in [0.15, 0.2) is 0 Å². The van der Waals surface area contributed by atoms with Gasteiger partial charge in [-0.15, -0.1) is 0 Å². The second-order valence-electron chi connectivity index (χ2n) is 6.15. The number of fused-ring (bicyclic) bond motifs is 1. The van der Waals surface area contributed by atoms with Gasteiger partial charge in [-0.05, 0) is 24.0 Å². The molecule has 2 aromatic rings. The van der Waals surface area contributed by atoms with Crippen molar-refractivity contribution in [1.82, 2.24) is 9.88 Å². The fourth-order valence-corrected chi connectivity index (χ4v) is 3.20. The van der Waals surface area contributed by atoms with Gasteiger partial charge in [0.1, 0.15) is 12.0 Å². The number of halogens is 1. The zero-order valence-electron chi connectivity index (χ0n) is 14.2. The van der Waals surface area contributed by atoms with Crippen molar-refractivity contribution in [2.75, 3.05) is 18.4 Å². The average molecular weight is 375 g/mol. The summed E-state index contributed by atoms with van der Waals surface area (Å²) < 4.78 is 0. The van der Waals surface area contributed by atoms with Gasteiger partial charge in [0.2, 0.25) is 5.91 Å². The van der Waals surface area contributed by atoms with E-state index < -0.39 is 4.92 Å². The van der Waals surface area contributed by atoms with E-state index >= 15 is 0 Å². The predicted molar refractivity (Wildman–Crippen MR) is 99.2 cm³/mol. The molecule has 8 heteroatoms. The quantitative estimate of drug-likeness (QED) is 0.475. The lowest BCUT2D eigenvalue weighted by atomic mass is 9.99. The van der Waals surface area contributed by atoms with E-state index in [1.807, 2.05) is 17.0 Å². The number of anilines is 1. The largest absolute Gasteiger partial charge is 0.369 e. The Morgan fingerprint density at radius 3 is 2.85 bits per heavy atom. The fourth-order valence-electron chi connectivity index (χ4n) is 2.97. The first-order valence-electron chi connectivity index (χ1n) is 8.43. The van der Waals surface area contributed by atoms with Gasteiger partial charge in [-0.25, -0.2) is 4.98 Å². The minimum absolute atomic E-state index is 0.129. The molecule has 1 aromatic carbocycles. The Balaban J connectivity index is 1.45. The van der Waals surface area contributed by atoms with E-state index in [9.17, 15) is 14.9 Å². The lowest BCUT2D eigenvalue weighted by Crippen LogP contribution is -2.36. The van der Waals surface area contributed by atoms with Crippen molar-refractivity contribution >= 4 is 29.0 Å². The number of nitrogens with one attached hydrogen (secondary N) is 1. The molecule has 0 saturated carbocycles. The van der Waals surface area contributed by atoms with Gasteiger partial charge in [-0.2, -0.15) is 0 Å². The Labute approximate surface area is 156 Å². The van der Waals surface area contributed by atoms with Crippen molar-refractivity contribution < 1.29 is 9.72 Å². The Morgan fingerprint density at radius 2 is 2.12 bits per heavy atom. The van der Waals surface area contributed by atoms with Gasteiger partial charge in [0.25, 0.3) is 5.69 Å². The third-order valence-electron chi connectivity index (χ3n) is 4.38. The van der Waals surface area contributed by atoms with Crippen LogP contribution in [0, 0.1) is 10.1 Å². The van der Waals surface area contributed by atoms with Crippen LogP contribution in [0.4, 0.5) is 11.5 Å². The van der Waals surface area contributed by atoms with Crippen LogP contribution in [0.15, 0.2) is 36.5 Å². The van der Waals surface area contributed by atoms with Crippen LogP contribution in [0.1, 0.15) is 24.0 Å². The molecule has 1 amide bonds. The van der Waals surface area contributed by atoms with Crippen LogP contribution in [0.2, 0.25) is 5.02 Å². The lowest BCUT2D eigenvalue weighted by molar-refractivity contribution is -0.385. The maximum atomic E-state index is 12.4. The minimum atomic E-state index is -0.544. The van der Waals surface area contributed by atoms with Crippen LogP contribution in [-0.2, 0) is 17.8 Å². The van der Waals surface area contributed by atoms with Crippen molar-refractivity contribution in [3.63, 3.8) is 0 Å². The molecular weight excluding hydrogens is 356 g/mol. The molecule has 0 aliphatic carbocycles. The maximum Gasteiger partial charge on any atom is 0.289 e. The number of carbonyl (C=O) groups excluding carboxylic acids is 1. The Bertz CT molecular complexity index is 828. The molecule has 1 aromatic heterocycles. The van der Waals surface area contributed by atoms with Crippen molar-refractivity contribution in [2.24, 2.45) is 0 Å². The highest BCUT2D eigenvalue weighted by Gasteiger charge is 2.19. The molecule has 0 saturated heterocycles. The van der Waals surface area contributed by atoms with E-state index in [1.54, 1.807) is 0 Å². The molecule has 0 radical (unpaired) electrons. The van der Waals surface area contributed by atoms with Crippen LogP contribution in [0.5, 0.6) is 0 Å². The summed E-state index contributed by atoms with van der Waals surface area (Å²) in [5.41, 5.74) is 2.38. The Morgan fingerprint density at radius 1 is 1.35 bits per heavy atom. The number of hydrogen-bond donors (Lipinski definition) is 1. The lowest BCUT2D eigenvalue weighted by Gasteiger charge is -2.29. The van der Waals surface area contributed by atoms with Crippen LogP contribution >= 0.6 is 11.6 Å². The highest BCUT2D eigenvalue weighted by Crippen LogP contribution is 2.24. The van der Waals surface area contributed by atoms with Crippen LogP contribution in [0.3, 0.4) is 0 Å². The number of aromatic nitrogens is 1. The number of pyridine rings is 1. The van der Waals surface area contributed by atoms with Gasteiger partial charge < -0.3 is 10.2 Å². The van der Waals surface area contributed by atoms with Gasteiger partial charge in [0, 0.05) is 32.1 Å². The number of rotatable bonds is 6. The molecule has 26 heavy (non-hydrogen) atoms. The summed E-state index contributed by atoms with van der Waals surface area (Å²) in [5.74, 6) is 0.515. The van der Waals surface area contributed by atoms with Gasteiger partial charge in [-0.3, -0.25) is 14.9 Å². The Kier molecular flexibility index (Phi) is 5.68. The summed E-state index contributed by atoms with van der Waals surface area (Å²) in [4.78, 5) is 28.4. The standard InChI is InChI=1S/C18H19ClN4O3/c19-16-10-15(23(25)26)11-21-18(16)20-8-3-6-17(24)22-9-7-13-4-1-2-5-14(13)12-22/h1-2,4-5,10-11H,3,6-9,12H2,(H,20,21). The van der Waals surface area contributed by atoms with E-state index in [0.29, 0.717) is 31.7 Å². The Hall–Kier alpha value is -2.67. The van der Waals surface area contributed by atoms with E-state index in [0.717, 1.165) is 19.2 Å². The van der Waals surface area contributed by atoms with Crippen molar-refractivity contribution in [1.29, 1.82) is 0 Å². The molecule has 136 valence electrons. The van der Waals surface area contributed by atoms with Crippen molar-refractivity contribution in [2.45, 2.75) is 25.8 Å². The molecular formula is C18H19ClN4O3. The first-order chi connectivity index (χ1) is 12.5. The third-order valence-corrected chi connectivity index (χ3v) is 4.67. The second kappa shape index (κ2) is 8.14. The summed E-state index contributed by atoms with van der Waals surface area (Å²) in [6.07, 6.45) is 3.11. The number of nitro groups is 1. The van der Waals surface area contributed by atoms with Crippen molar-refractivity contribution in [3.8, 4) is 0 Å². The van der Waals surface area contributed by atoms with Crippen molar-refractivity contribution in [3.05, 3.63) is 62.8 Å². The highest BCUT2D eigenvalue weighted by molar-refractivity contribution is 6.33. The summed E-state index contributed by atoms with van der Waals surface area (Å²) in [6, 6.07) is 9.46. The van der Waals surface area contributed by atoms with Gasteiger partial charge in [0.05, 0.1) is 9.95 Å². The molecule has 0 spiro atoms. The summed E-state index contributed by atoms with van der Waals surface area (Å²) in [7, 11) is 0. The highest BCUT2D eigenvalue weighted by atomic mass is 35.5. The molecule has 7 nitrogen and oxygen atoms in total.